The van der Waals surface area contributed by atoms with E-state index in [0.29, 0.717) is 13.1 Å². The van der Waals surface area contributed by atoms with E-state index in [-0.39, 0.29) is 17.2 Å². The lowest BCUT2D eigenvalue weighted by Crippen LogP contribution is -2.48. The molecule has 1 amide bonds. The number of rotatable bonds is 3. The minimum absolute atomic E-state index is 0.0745. The summed E-state index contributed by atoms with van der Waals surface area (Å²) in [5.41, 5.74) is 8.43. The first-order valence-corrected chi connectivity index (χ1v) is 11.9. The van der Waals surface area contributed by atoms with Crippen LogP contribution in [0.2, 0.25) is 18.1 Å². The second kappa shape index (κ2) is 7.97. The molecule has 1 heterocycles. The number of ether oxygens (including phenoxy) is 1. The summed E-state index contributed by atoms with van der Waals surface area (Å²) in [4.78, 5) is 17.0. The molecule has 0 unspecified atom stereocenters. The maximum atomic E-state index is 12.4. The molecule has 1 rings (SSSR count). The second-order valence-corrected chi connectivity index (χ2v) is 14.0. The van der Waals surface area contributed by atoms with E-state index in [1.807, 2.05) is 20.8 Å². The van der Waals surface area contributed by atoms with Crippen molar-refractivity contribution in [1.29, 1.82) is 0 Å². The third-order valence-electron chi connectivity index (χ3n) is 4.86. The Morgan fingerprint density at radius 3 is 2.32 bits per heavy atom. The fourth-order valence-electron chi connectivity index (χ4n) is 2.47. The van der Waals surface area contributed by atoms with E-state index in [0.717, 1.165) is 12.8 Å². The van der Waals surface area contributed by atoms with Crippen LogP contribution in [-0.2, 0) is 9.16 Å². The van der Waals surface area contributed by atoms with Gasteiger partial charge in [-0.3, -0.25) is 0 Å². The van der Waals surface area contributed by atoms with Crippen LogP contribution in [0.1, 0.15) is 54.4 Å². The van der Waals surface area contributed by atoms with Crippen molar-refractivity contribution in [2.45, 2.75) is 90.3 Å². The Bertz CT molecular complexity index is 519. The van der Waals surface area contributed by atoms with Crippen LogP contribution in [0, 0.1) is 0 Å². The second-order valence-electron chi connectivity index (χ2n) is 9.26. The third-order valence-corrected chi connectivity index (χ3v) is 9.36. The Balaban J connectivity index is 2.94. The fourth-order valence-corrected chi connectivity index (χ4v) is 3.86. The maximum Gasteiger partial charge on any atom is 0.410 e. The van der Waals surface area contributed by atoms with Crippen molar-refractivity contribution in [3.8, 4) is 0 Å². The van der Waals surface area contributed by atoms with Gasteiger partial charge in [0.05, 0.1) is 12.1 Å². The average molecular weight is 371 g/mol. The molecule has 1 saturated heterocycles. The molecule has 25 heavy (non-hydrogen) atoms. The van der Waals surface area contributed by atoms with Gasteiger partial charge in [0.25, 0.3) is 0 Å². The first kappa shape index (κ1) is 21.8. The summed E-state index contributed by atoms with van der Waals surface area (Å²) in [6, 6.07) is -0.394. The van der Waals surface area contributed by atoms with Crippen molar-refractivity contribution >= 4 is 14.4 Å². The number of hydrogen-bond acceptors (Lipinski definition) is 4. The molecule has 0 aromatic heterocycles. The Hall–Kier alpha value is -1.24. The molecule has 0 spiro atoms. The maximum absolute atomic E-state index is 12.4. The number of likely N-dealkylation sites (tertiary alicyclic amines) is 1. The summed E-state index contributed by atoms with van der Waals surface area (Å²) in [6.45, 7) is 17.4. The predicted octanol–water partition coefficient (Wildman–Crippen LogP) is 5.09. The van der Waals surface area contributed by atoms with Gasteiger partial charge in [0.2, 0.25) is 0 Å². The van der Waals surface area contributed by atoms with E-state index in [1.165, 1.54) is 0 Å². The molecule has 7 nitrogen and oxygen atoms in total. The highest BCUT2D eigenvalue weighted by Crippen LogP contribution is 2.38. The van der Waals surface area contributed by atoms with Crippen molar-refractivity contribution in [2.75, 3.05) is 13.1 Å². The summed E-state index contributed by atoms with van der Waals surface area (Å²) < 4.78 is 12.0. The van der Waals surface area contributed by atoms with Crippen LogP contribution in [0.3, 0.4) is 0 Å². The van der Waals surface area contributed by atoms with E-state index in [4.69, 9.17) is 14.7 Å². The Morgan fingerprint density at radius 1 is 1.24 bits per heavy atom. The zero-order chi connectivity index (χ0) is 19.5. The van der Waals surface area contributed by atoms with Crippen molar-refractivity contribution < 1.29 is 14.0 Å². The van der Waals surface area contributed by atoms with E-state index in [9.17, 15) is 4.79 Å². The van der Waals surface area contributed by atoms with E-state index in [1.54, 1.807) is 4.90 Å². The van der Waals surface area contributed by atoms with Crippen LogP contribution in [0.4, 0.5) is 4.79 Å². The van der Waals surface area contributed by atoms with Gasteiger partial charge in [0.1, 0.15) is 5.60 Å². The van der Waals surface area contributed by atoms with Gasteiger partial charge < -0.3 is 14.1 Å². The third kappa shape index (κ3) is 6.53. The highest BCUT2D eigenvalue weighted by atomic mass is 28.4. The standard InChI is InChI=1S/C17H34N4O3Si/c1-16(2,3)23-15(22)21-11-9-10-14(13(12-21)19-20-18)24-25(7,8)17(4,5)6/h13-14H,9-12H2,1-8H3/t13-,14+/m1/s1. The van der Waals surface area contributed by atoms with Crippen LogP contribution in [0.15, 0.2) is 5.11 Å². The number of azide groups is 1. The molecule has 144 valence electrons. The highest BCUT2D eigenvalue weighted by molar-refractivity contribution is 6.74. The number of carbonyl (C=O) groups is 1. The number of amides is 1. The van der Waals surface area contributed by atoms with Gasteiger partial charge in [0, 0.05) is 18.0 Å². The average Bonchev–Trinajstić information content (AvgIpc) is 2.59. The smallest absolute Gasteiger partial charge is 0.410 e. The quantitative estimate of drug-likeness (QED) is 0.300. The van der Waals surface area contributed by atoms with Crippen LogP contribution in [0.25, 0.3) is 10.4 Å². The molecule has 0 radical (unpaired) electrons. The number of hydrogen-bond donors (Lipinski definition) is 0. The summed E-state index contributed by atoms with van der Waals surface area (Å²) in [6.07, 6.45) is 1.05. The van der Waals surface area contributed by atoms with Crippen LogP contribution in [0.5, 0.6) is 0 Å². The number of carbonyl (C=O) groups excluding carboxylic acids is 1. The molecule has 0 aromatic rings. The minimum atomic E-state index is -1.99. The van der Waals surface area contributed by atoms with Gasteiger partial charge >= 0.3 is 6.09 Å². The highest BCUT2D eigenvalue weighted by Gasteiger charge is 2.42. The Labute approximate surface area is 152 Å². The summed E-state index contributed by atoms with van der Waals surface area (Å²) in [7, 11) is -1.99. The lowest BCUT2D eigenvalue weighted by atomic mass is 10.1. The van der Waals surface area contributed by atoms with Gasteiger partial charge in [0.15, 0.2) is 8.32 Å². The molecule has 1 fully saturated rings. The molecule has 0 bridgehead atoms. The predicted molar refractivity (Wildman–Crippen MR) is 102 cm³/mol. The van der Waals surface area contributed by atoms with Crippen LogP contribution < -0.4 is 0 Å². The zero-order valence-electron chi connectivity index (χ0n) is 17.0. The van der Waals surface area contributed by atoms with Gasteiger partial charge in [-0.1, -0.05) is 25.9 Å². The molecule has 0 aromatic carbocycles. The molecule has 0 N–H and O–H groups in total. The summed E-state index contributed by atoms with van der Waals surface area (Å²) in [5, 5.41) is 4.02. The van der Waals surface area contributed by atoms with Gasteiger partial charge in [-0.25, -0.2) is 4.79 Å². The lowest BCUT2D eigenvalue weighted by molar-refractivity contribution is 0.0239. The normalized spacial score (nSPS) is 22.8. The minimum Gasteiger partial charge on any atom is -0.444 e. The Kier molecular flexibility index (Phi) is 6.95. The van der Waals surface area contributed by atoms with Crippen molar-refractivity contribution in [3.63, 3.8) is 0 Å². The lowest BCUT2D eigenvalue weighted by Gasteiger charge is -2.40. The SMILES string of the molecule is CC(C)(C)OC(=O)N1CCC[C@H](O[Si](C)(C)C(C)(C)C)[C@H](N=[N+]=[N-])C1. The van der Waals surface area contributed by atoms with Gasteiger partial charge in [-0.05, 0) is 57.3 Å². The van der Waals surface area contributed by atoms with E-state index in [2.05, 4.69) is 43.9 Å². The van der Waals surface area contributed by atoms with Gasteiger partial charge in [-0.15, -0.1) is 0 Å². The monoisotopic (exact) mass is 370 g/mol. The molecular weight excluding hydrogens is 336 g/mol. The molecule has 1 aliphatic rings. The molecule has 2 atom stereocenters. The summed E-state index contributed by atoms with van der Waals surface area (Å²) in [5.74, 6) is 0. The first-order chi connectivity index (χ1) is 11.3. The van der Waals surface area contributed by atoms with Crippen LogP contribution in [-0.4, -0.2) is 50.1 Å². The van der Waals surface area contributed by atoms with E-state index < -0.39 is 20.0 Å². The molecule has 1 aliphatic heterocycles. The topological polar surface area (TPSA) is 87.5 Å². The van der Waals surface area contributed by atoms with E-state index >= 15 is 0 Å². The fraction of sp³-hybridized carbons (Fsp3) is 0.941. The van der Waals surface area contributed by atoms with Crippen LogP contribution >= 0.6 is 0 Å². The molecule has 0 saturated carbocycles. The van der Waals surface area contributed by atoms with Crippen molar-refractivity contribution in [2.24, 2.45) is 5.11 Å². The number of nitrogens with zero attached hydrogens (tertiary/aromatic N) is 4. The van der Waals surface area contributed by atoms with Gasteiger partial charge in [-0.2, -0.15) is 0 Å². The molecule has 0 aliphatic carbocycles. The largest absolute Gasteiger partial charge is 0.444 e. The first-order valence-electron chi connectivity index (χ1n) is 8.97. The van der Waals surface area contributed by atoms with Crippen molar-refractivity contribution in [1.82, 2.24) is 4.90 Å². The zero-order valence-corrected chi connectivity index (χ0v) is 18.0. The summed E-state index contributed by atoms with van der Waals surface area (Å²) >= 11 is 0. The molecular formula is C17H34N4O3Si. The van der Waals surface area contributed by atoms with Crippen molar-refractivity contribution in [3.05, 3.63) is 10.4 Å². The molecule has 8 heteroatoms. The Morgan fingerprint density at radius 2 is 1.84 bits per heavy atom.